The van der Waals surface area contributed by atoms with Crippen molar-refractivity contribution in [2.24, 2.45) is 0 Å². The molecule has 1 unspecified atom stereocenters. The van der Waals surface area contributed by atoms with Gasteiger partial charge in [-0.3, -0.25) is 10.2 Å². The fourth-order valence-electron chi connectivity index (χ4n) is 3.71. The van der Waals surface area contributed by atoms with Gasteiger partial charge in [-0.15, -0.1) is 0 Å². The van der Waals surface area contributed by atoms with E-state index in [4.69, 9.17) is 0 Å². The maximum absolute atomic E-state index is 14.1. The number of nitrogens with one attached hydrogen (secondary N) is 1. The predicted molar refractivity (Wildman–Crippen MR) is 95.4 cm³/mol. The third-order valence-corrected chi connectivity index (χ3v) is 4.87. The van der Waals surface area contributed by atoms with Crippen molar-refractivity contribution in [1.82, 2.24) is 10.4 Å². The number of carbonyl (C=O) groups is 1. The molecule has 1 atom stereocenters. The normalized spacial score (nSPS) is 18.9. The fourth-order valence-corrected chi connectivity index (χ4v) is 3.71. The molecule has 1 aliphatic heterocycles. The van der Waals surface area contributed by atoms with E-state index < -0.39 is 23.7 Å². The standard InChI is InChI=1S/C20H23F3N2O/c1-4-6-13-9-10-14-7-5-8-15(16(14)11-13)18(20(21,22)23)25-19(2,3)12-17(26)24-25/h5,7-11,18H,4,6,12H2,1-3H3,(H,24,26). The maximum atomic E-state index is 14.1. The van der Waals surface area contributed by atoms with Gasteiger partial charge in [0.05, 0.1) is 0 Å². The molecule has 2 aromatic carbocycles. The average Bonchev–Trinajstić information content (AvgIpc) is 2.79. The van der Waals surface area contributed by atoms with E-state index in [2.05, 4.69) is 5.43 Å². The van der Waals surface area contributed by atoms with Crippen LogP contribution in [0.5, 0.6) is 0 Å². The molecule has 0 saturated carbocycles. The largest absolute Gasteiger partial charge is 0.409 e. The van der Waals surface area contributed by atoms with E-state index in [1.807, 2.05) is 31.2 Å². The molecule has 0 aliphatic carbocycles. The first-order chi connectivity index (χ1) is 12.1. The SMILES string of the molecule is CCCc1ccc2cccc(C(N3NC(=O)CC3(C)C)C(F)(F)F)c2c1. The van der Waals surface area contributed by atoms with Crippen LogP contribution in [0, 0.1) is 0 Å². The number of aryl methyl sites for hydroxylation is 1. The van der Waals surface area contributed by atoms with Gasteiger partial charge in [-0.25, -0.2) is 0 Å². The second kappa shape index (κ2) is 6.58. The van der Waals surface area contributed by atoms with Crippen molar-refractivity contribution < 1.29 is 18.0 Å². The number of benzene rings is 2. The number of hydrogen-bond donors (Lipinski definition) is 1. The van der Waals surface area contributed by atoms with Gasteiger partial charge in [0, 0.05) is 12.0 Å². The number of hydrazine groups is 1. The van der Waals surface area contributed by atoms with Crippen molar-refractivity contribution in [2.75, 3.05) is 0 Å². The molecule has 0 aromatic heterocycles. The molecule has 1 fully saturated rings. The molecule has 1 saturated heterocycles. The Balaban J connectivity index is 2.19. The number of fused-ring (bicyclic) bond motifs is 1. The summed E-state index contributed by atoms with van der Waals surface area (Å²) < 4.78 is 42.3. The van der Waals surface area contributed by atoms with Crippen LogP contribution in [0.3, 0.4) is 0 Å². The highest BCUT2D eigenvalue weighted by atomic mass is 19.4. The van der Waals surface area contributed by atoms with E-state index >= 15 is 0 Å². The van der Waals surface area contributed by atoms with E-state index in [0.29, 0.717) is 5.39 Å². The van der Waals surface area contributed by atoms with Crippen LogP contribution >= 0.6 is 0 Å². The summed E-state index contributed by atoms with van der Waals surface area (Å²) in [6.07, 6.45) is -2.76. The minimum absolute atomic E-state index is 0.0332. The first-order valence-electron chi connectivity index (χ1n) is 8.80. The number of carbonyl (C=O) groups excluding carboxylic acids is 1. The molecule has 1 amide bonds. The topological polar surface area (TPSA) is 32.3 Å². The summed E-state index contributed by atoms with van der Waals surface area (Å²) in [6, 6.07) is 8.74. The number of amides is 1. The molecule has 0 bridgehead atoms. The minimum atomic E-state index is -4.52. The average molecular weight is 364 g/mol. The summed E-state index contributed by atoms with van der Waals surface area (Å²) in [7, 11) is 0. The Morgan fingerprint density at radius 3 is 2.54 bits per heavy atom. The molecule has 3 rings (SSSR count). The van der Waals surface area contributed by atoms with E-state index in [1.54, 1.807) is 19.9 Å². The molecule has 1 N–H and O–H groups in total. The van der Waals surface area contributed by atoms with Crippen molar-refractivity contribution in [2.45, 2.75) is 57.8 Å². The summed E-state index contributed by atoms with van der Waals surface area (Å²) in [5, 5.41) is 2.41. The molecule has 0 radical (unpaired) electrons. The van der Waals surface area contributed by atoms with Crippen LogP contribution in [0.4, 0.5) is 13.2 Å². The van der Waals surface area contributed by atoms with Crippen molar-refractivity contribution >= 4 is 16.7 Å². The first-order valence-corrected chi connectivity index (χ1v) is 8.80. The number of rotatable bonds is 4. The van der Waals surface area contributed by atoms with Gasteiger partial charge in [-0.05, 0) is 42.2 Å². The lowest BCUT2D eigenvalue weighted by molar-refractivity contribution is -0.203. The Morgan fingerprint density at radius 2 is 1.96 bits per heavy atom. The highest BCUT2D eigenvalue weighted by Gasteiger charge is 2.53. The Hall–Kier alpha value is -2.08. The number of halogens is 3. The zero-order chi connectivity index (χ0) is 19.1. The van der Waals surface area contributed by atoms with Gasteiger partial charge in [-0.1, -0.05) is 49.7 Å². The van der Waals surface area contributed by atoms with Crippen molar-refractivity contribution in [3.63, 3.8) is 0 Å². The zero-order valence-electron chi connectivity index (χ0n) is 15.2. The fraction of sp³-hybridized carbons (Fsp3) is 0.450. The Kier molecular flexibility index (Phi) is 4.73. The van der Waals surface area contributed by atoms with Gasteiger partial charge in [0.2, 0.25) is 5.91 Å². The first kappa shape index (κ1) is 18.7. The molecule has 1 heterocycles. The van der Waals surface area contributed by atoms with Crippen LogP contribution in [-0.2, 0) is 11.2 Å². The minimum Gasteiger partial charge on any atom is -0.287 e. The number of hydrogen-bond acceptors (Lipinski definition) is 2. The maximum Gasteiger partial charge on any atom is 0.409 e. The van der Waals surface area contributed by atoms with Crippen LogP contribution in [0.2, 0.25) is 0 Å². The quantitative estimate of drug-likeness (QED) is 0.836. The lowest BCUT2D eigenvalue weighted by atomic mass is 9.92. The van der Waals surface area contributed by atoms with Crippen LogP contribution in [0.15, 0.2) is 36.4 Å². The van der Waals surface area contributed by atoms with E-state index in [9.17, 15) is 18.0 Å². The molecule has 1 aliphatic rings. The van der Waals surface area contributed by atoms with Gasteiger partial charge < -0.3 is 0 Å². The molecular weight excluding hydrogens is 341 g/mol. The second-order valence-electron chi connectivity index (χ2n) is 7.49. The third kappa shape index (κ3) is 3.43. The summed E-state index contributed by atoms with van der Waals surface area (Å²) in [4.78, 5) is 11.8. The van der Waals surface area contributed by atoms with Crippen molar-refractivity contribution in [3.05, 3.63) is 47.5 Å². The molecular formula is C20H23F3N2O. The smallest absolute Gasteiger partial charge is 0.287 e. The summed E-state index contributed by atoms with van der Waals surface area (Å²) in [5.74, 6) is -0.392. The molecule has 0 spiro atoms. The number of nitrogens with zero attached hydrogens (tertiary/aromatic N) is 1. The molecule has 26 heavy (non-hydrogen) atoms. The highest BCUT2D eigenvalue weighted by molar-refractivity contribution is 5.87. The van der Waals surface area contributed by atoms with Gasteiger partial charge in [-0.2, -0.15) is 18.2 Å². The van der Waals surface area contributed by atoms with E-state index in [1.165, 1.54) is 6.07 Å². The van der Waals surface area contributed by atoms with E-state index in [0.717, 1.165) is 28.8 Å². The molecule has 2 aromatic rings. The van der Waals surface area contributed by atoms with Gasteiger partial charge in [0.1, 0.15) is 0 Å². The lowest BCUT2D eigenvalue weighted by Crippen LogP contribution is -2.51. The lowest BCUT2D eigenvalue weighted by Gasteiger charge is -2.38. The molecule has 6 heteroatoms. The summed E-state index contributed by atoms with van der Waals surface area (Å²) in [6.45, 7) is 5.34. The van der Waals surface area contributed by atoms with Gasteiger partial charge >= 0.3 is 6.18 Å². The monoisotopic (exact) mass is 364 g/mol. The zero-order valence-corrected chi connectivity index (χ0v) is 15.2. The predicted octanol–water partition coefficient (Wildman–Crippen LogP) is 4.91. The van der Waals surface area contributed by atoms with Gasteiger partial charge in [0.25, 0.3) is 0 Å². The Labute approximate surface area is 151 Å². The number of alkyl halides is 3. The van der Waals surface area contributed by atoms with E-state index in [-0.39, 0.29) is 12.0 Å². The van der Waals surface area contributed by atoms with Crippen LogP contribution in [-0.4, -0.2) is 22.6 Å². The van der Waals surface area contributed by atoms with Crippen molar-refractivity contribution in [1.29, 1.82) is 0 Å². The molecule has 3 nitrogen and oxygen atoms in total. The third-order valence-electron chi connectivity index (χ3n) is 4.87. The van der Waals surface area contributed by atoms with Crippen LogP contribution < -0.4 is 5.43 Å². The van der Waals surface area contributed by atoms with Crippen LogP contribution in [0.1, 0.15) is 50.8 Å². The second-order valence-corrected chi connectivity index (χ2v) is 7.49. The van der Waals surface area contributed by atoms with Gasteiger partial charge in [0.15, 0.2) is 6.04 Å². The summed E-state index contributed by atoms with van der Waals surface area (Å²) >= 11 is 0. The Morgan fingerprint density at radius 1 is 1.23 bits per heavy atom. The van der Waals surface area contributed by atoms with Crippen LogP contribution in [0.25, 0.3) is 10.8 Å². The highest BCUT2D eigenvalue weighted by Crippen LogP contribution is 2.44. The summed E-state index contributed by atoms with van der Waals surface area (Å²) in [5.41, 5.74) is 2.68. The Bertz CT molecular complexity index is 829. The van der Waals surface area contributed by atoms with Crippen molar-refractivity contribution in [3.8, 4) is 0 Å². The molecule has 140 valence electrons.